The fourth-order valence-electron chi connectivity index (χ4n) is 0.793. The largest absolute Gasteiger partial charge is 0.465 e. The maximum atomic E-state index is 10.9. The van der Waals surface area contributed by atoms with Crippen LogP contribution in [0.1, 0.15) is 10.4 Å². The zero-order valence-corrected chi connectivity index (χ0v) is 6.20. The molecule has 0 aliphatic rings. The van der Waals surface area contributed by atoms with E-state index in [1.807, 2.05) is 0 Å². The number of ether oxygens (including phenoxy) is 1. The summed E-state index contributed by atoms with van der Waals surface area (Å²) in [5.41, 5.74) is 6.35. The van der Waals surface area contributed by atoms with E-state index in [9.17, 15) is 4.79 Å². The standard InChI is InChI=1S/C8H9NO2/c1-11-8(10)6-4-2-3-5-7(6)9/h2-5H,9H2,1H3/i2+2,3+2,4+2,5+2,6+2,7+2. The first-order valence-corrected chi connectivity index (χ1v) is 3.18. The SMILES string of the molecule is COC(=O)[14c]1[14cH][14cH][14cH][14cH][14c]1N. The van der Waals surface area contributed by atoms with Crippen LogP contribution in [-0.4, -0.2) is 13.1 Å². The Morgan fingerprint density at radius 2 is 2.09 bits per heavy atom. The zero-order valence-electron chi connectivity index (χ0n) is 6.20. The lowest BCUT2D eigenvalue weighted by molar-refractivity contribution is 0.0602. The van der Waals surface area contributed by atoms with Crippen LogP contribution in [0.25, 0.3) is 0 Å². The molecule has 3 nitrogen and oxygen atoms in total. The first-order chi connectivity index (χ1) is 5.25. The fourth-order valence-corrected chi connectivity index (χ4v) is 0.793. The van der Waals surface area contributed by atoms with Gasteiger partial charge in [-0.15, -0.1) is 0 Å². The normalized spacial score (nSPS) is 9.18. The second-order valence-electron chi connectivity index (χ2n) is 2.08. The number of anilines is 1. The summed E-state index contributed by atoms with van der Waals surface area (Å²) in [4.78, 5) is 10.9. The van der Waals surface area contributed by atoms with Crippen LogP contribution < -0.4 is 5.73 Å². The highest BCUT2D eigenvalue weighted by atomic mass is 16.5. The van der Waals surface area contributed by atoms with Crippen molar-refractivity contribution in [2.45, 2.75) is 0 Å². The number of nitrogen functional groups attached to an aromatic ring is 1. The Kier molecular flexibility index (Phi) is 2.11. The van der Waals surface area contributed by atoms with E-state index in [-0.39, 0.29) is 0 Å². The maximum absolute atomic E-state index is 10.9. The predicted octanol–water partition coefficient (Wildman–Crippen LogP) is 1.06. The molecule has 0 saturated carbocycles. The molecule has 0 aliphatic heterocycles. The summed E-state index contributed by atoms with van der Waals surface area (Å²) in [7, 11) is 1.33. The van der Waals surface area contributed by atoms with E-state index in [2.05, 4.69) is 4.74 Å². The molecule has 1 rings (SSSR count). The topological polar surface area (TPSA) is 52.3 Å². The molecule has 0 heterocycles. The molecular formula is C8H9NO2. The summed E-state index contributed by atoms with van der Waals surface area (Å²) in [5.74, 6) is -0.400. The average Bonchev–Trinajstić information content (AvgIpc) is 2.04. The number of rotatable bonds is 1. The second kappa shape index (κ2) is 3.05. The minimum atomic E-state index is -0.400. The minimum absolute atomic E-state index is 0.400. The van der Waals surface area contributed by atoms with Gasteiger partial charge >= 0.3 is 5.97 Å². The molecule has 58 valence electrons. The molecule has 1 aromatic rings. The highest BCUT2D eigenvalue weighted by Crippen LogP contribution is 2.10. The Labute approximate surface area is 64.8 Å². The molecule has 0 bridgehead atoms. The van der Waals surface area contributed by atoms with Crippen molar-refractivity contribution in [2.75, 3.05) is 12.8 Å². The number of benzene rings is 1. The van der Waals surface area contributed by atoms with E-state index in [0.717, 1.165) is 0 Å². The molecule has 0 radical (unpaired) electrons. The van der Waals surface area contributed by atoms with Crippen molar-refractivity contribution in [3.8, 4) is 0 Å². The van der Waals surface area contributed by atoms with Crippen LogP contribution in [0, 0.1) is 0 Å². The zero-order chi connectivity index (χ0) is 8.27. The van der Waals surface area contributed by atoms with Gasteiger partial charge < -0.3 is 10.5 Å². The summed E-state index contributed by atoms with van der Waals surface area (Å²) >= 11 is 0. The number of carbonyl (C=O) groups is 1. The number of para-hydroxylation sites is 1. The van der Waals surface area contributed by atoms with Crippen molar-refractivity contribution in [3.05, 3.63) is 29.8 Å². The molecule has 0 aromatic heterocycles. The van der Waals surface area contributed by atoms with E-state index in [0.29, 0.717) is 11.3 Å². The van der Waals surface area contributed by atoms with Crippen LogP contribution >= 0.6 is 0 Å². The number of hydrogen-bond acceptors (Lipinski definition) is 3. The molecule has 0 unspecified atom stereocenters. The third kappa shape index (κ3) is 1.49. The average molecular weight is 163 g/mol. The van der Waals surface area contributed by atoms with Gasteiger partial charge in [0, 0.05) is 5.69 Å². The lowest BCUT2D eigenvalue weighted by Gasteiger charge is -2.00. The van der Waals surface area contributed by atoms with E-state index in [1.54, 1.807) is 24.3 Å². The van der Waals surface area contributed by atoms with Gasteiger partial charge in [-0.25, -0.2) is 4.79 Å². The van der Waals surface area contributed by atoms with Crippen LogP contribution in [0.4, 0.5) is 5.69 Å². The smallest absolute Gasteiger partial charge is 0.339 e. The van der Waals surface area contributed by atoms with Gasteiger partial charge in [0.15, 0.2) is 0 Å². The van der Waals surface area contributed by atoms with Crippen LogP contribution in [0.3, 0.4) is 0 Å². The summed E-state index contributed by atoms with van der Waals surface area (Å²) < 4.78 is 4.50. The number of esters is 1. The highest BCUT2D eigenvalue weighted by Gasteiger charge is 2.06. The van der Waals surface area contributed by atoms with Gasteiger partial charge in [0.25, 0.3) is 0 Å². The van der Waals surface area contributed by atoms with E-state index < -0.39 is 5.97 Å². The molecule has 0 atom stereocenters. The van der Waals surface area contributed by atoms with Crippen molar-refractivity contribution in [2.24, 2.45) is 0 Å². The van der Waals surface area contributed by atoms with E-state index in [1.165, 1.54) is 7.11 Å². The Hall–Kier alpha value is -1.51. The van der Waals surface area contributed by atoms with Crippen molar-refractivity contribution < 1.29 is 9.53 Å². The molecule has 1 aromatic carbocycles. The Bertz CT molecular complexity index is 271. The number of methoxy groups -OCH3 is 1. The predicted molar refractivity (Wildman–Crippen MR) is 42.2 cm³/mol. The van der Waals surface area contributed by atoms with Gasteiger partial charge in [-0.2, -0.15) is 0 Å². The number of carbonyl (C=O) groups excluding carboxylic acids is 1. The van der Waals surface area contributed by atoms with E-state index in [4.69, 9.17) is 5.73 Å². The molecular weight excluding hydrogens is 154 g/mol. The quantitative estimate of drug-likeness (QED) is 0.497. The Morgan fingerprint density at radius 3 is 2.64 bits per heavy atom. The first-order valence-electron chi connectivity index (χ1n) is 3.18. The lowest BCUT2D eigenvalue weighted by atomic mass is 11.2. The van der Waals surface area contributed by atoms with Gasteiger partial charge in [-0.05, 0) is 12.1 Å². The molecule has 0 amide bonds. The van der Waals surface area contributed by atoms with Gasteiger partial charge in [0.1, 0.15) is 0 Å². The summed E-state index contributed by atoms with van der Waals surface area (Å²) in [6.45, 7) is 0. The van der Waals surface area contributed by atoms with Crippen molar-refractivity contribution in [3.63, 3.8) is 0 Å². The van der Waals surface area contributed by atoms with Crippen molar-refractivity contribution in [1.82, 2.24) is 0 Å². The third-order valence-electron chi connectivity index (χ3n) is 1.37. The lowest BCUT2D eigenvalue weighted by Crippen LogP contribution is -2.04. The van der Waals surface area contributed by atoms with Crippen molar-refractivity contribution in [1.29, 1.82) is 0 Å². The minimum Gasteiger partial charge on any atom is -0.465 e. The highest BCUT2D eigenvalue weighted by molar-refractivity contribution is 5.94. The van der Waals surface area contributed by atoms with Crippen molar-refractivity contribution >= 4 is 11.7 Å². The maximum Gasteiger partial charge on any atom is 0.339 e. The van der Waals surface area contributed by atoms with Crippen LogP contribution in [0.5, 0.6) is 0 Å². The second-order valence-corrected chi connectivity index (χ2v) is 2.08. The van der Waals surface area contributed by atoms with Gasteiger partial charge in [-0.3, -0.25) is 0 Å². The molecule has 3 heteroatoms. The number of nitrogens with two attached hydrogens (primary N) is 1. The summed E-state index contributed by atoms with van der Waals surface area (Å²) in [6, 6.07) is 6.79. The fraction of sp³-hybridized carbons (Fsp3) is 0.125. The first kappa shape index (κ1) is 7.60. The molecule has 11 heavy (non-hydrogen) atoms. The molecule has 2 N–H and O–H groups in total. The van der Waals surface area contributed by atoms with Crippen LogP contribution in [0.15, 0.2) is 24.3 Å². The van der Waals surface area contributed by atoms with Crippen LogP contribution in [-0.2, 0) is 4.74 Å². The monoisotopic (exact) mass is 163 g/mol. The third-order valence-corrected chi connectivity index (χ3v) is 1.37. The van der Waals surface area contributed by atoms with Gasteiger partial charge in [-0.1, -0.05) is 12.1 Å². The molecule has 0 spiro atoms. The summed E-state index contributed by atoms with van der Waals surface area (Å²) in [5, 5.41) is 0. The van der Waals surface area contributed by atoms with E-state index >= 15 is 0 Å². The van der Waals surface area contributed by atoms with Gasteiger partial charge in [0.2, 0.25) is 0 Å². The molecule has 0 saturated heterocycles. The Balaban J connectivity index is 3.03. The number of hydrogen-bond donors (Lipinski definition) is 1. The van der Waals surface area contributed by atoms with Gasteiger partial charge in [0.05, 0.1) is 12.7 Å². The molecule has 0 fully saturated rings. The molecule has 0 aliphatic carbocycles. The summed E-state index contributed by atoms with van der Waals surface area (Å²) in [6.07, 6.45) is 0. The Morgan fingerprint density at radius 1 is 1.45 bits per heavy atom. The van der Waals surface area contributed by atoms with Crippen LogP contribution in [0.2, 0.25) is 0 Å².